The van der Waals surface area contributed by atoms with Gasteiger partial charge in [0.15, 0.2) is 0 Å². The first-order valence-electron chi connectivity index (χ1n) is 8.73. The Kier molecular flexibility index (Phi) is 6.15. The Balaban J connectivity index is 1.70. The lowest BCUT2D eigenvalue weighted by Gasteiger charge is -2.35. The van der Waals surface area contributed by atoms with E-state index in [1.807, 2.05) is 0 Å². The molecule has 1 atom stereocenters. The van der Waals surface area contributed by atoms with E-state index in [-0.39, 0.29) is 5.54 Å². The minimum absolute atomic E-state index is 0.174. The van der Waals surface area contributed by atoms with Crippen LogP contribution in [-0.2, 0) is 0 Å². The van der Waals surface area contributed by atoms with Crippen LogP contribution in [0.25, 0.3) is 0 Å². The van der Waals surface area contributed by atoms with E-state index < -0.39 is 0 Å². The van der Waals surface area contributed by atoms with Gasteiger partial charge in [-0.05, 0) is 64.1 Å². The zero-order chi connectivity index (χ0) is 13.6. The van der Waals surface area contributed by atoms with Crippen molar-refractivity contribution < 1.29 is 0 Å². The van der Waals surface area contributed by atoms with Gasteiger partial charge in [0.1, 0.15) is 0 Å². The van der Waals surface area contributed by atoms with Gasteiger partial charge in [-0.2, -0.15) is 0 Å². The summed E-state index contributed by atoms with van der Waals surface area (Å²) < 4.78 is 0. The van der Waals surface area contributed by atoms with E-state index in [1.54, 1.807) is 0 Å². The third-order valence-electron chi connectivity index (χ3n) is 5.41. The van der Waals surface area contributed by atoms with Crippen LogP contribution in [0.15, 0.2) is 0 Å². The molecule has 1 unspecified atom stereocenters. The summed E-state index contributed by atoms with van der Waals surface area (Å²) in [4.78, 5) is 2.69. The van der Waals surface area contributed by atoms with E-state index in [9.17, 15) is 0 Å². The van der Waals surface area contributed by atoms with Crippen molar-refractivity contribution in [1.82, 2.24) is 4.90 Å². The zero-order valence-electron chi connectivity index (χ0n) is 13.0. The van der Waals surface area contributed by atoms with Crippen LogP contribution < -0.4 is 5.73 Å². The standard InChI is InChI=1S/C17H34N2/c1-2-7-16-8-6-13-19(14-9-16)15-12-17(18)10-4-3-5-11-17/h16H,2-15,18H2,1H3. The first kappa shape index (κ1) is 15.3. The van der Waals surface area contributed by atoms with Crippen molar-refractivity contribution in [3.05, 3.63) is 0 Å². The second kappa shape index (κ2) is 7.64. The molecule has 2 aliphatic rings. The normalized spacial score (nSPS) is 29.1. The van der Waals surface area contributed by atoms with Crippen molar-refractivity contribution in [2.75, 3.05) is 19.6 Å². The molecule has 1 heterocycles. The van der Waals surface area contributed by atoms with Crippen molar-refractivity contribution in [3.8, 4) is 0 Å². The second-order valence-corrected chi connectivity index (χ2v) is 7.10. The molecule has 0 spiro atoms. The van der Waals surface area contributed by atoms with Gasteiger partial charge in [0.05, 0.1) is 0 Å². The van der Waals surface area contributed by atoms with Crippen LogP contribution in [0.1, 0.15) is 77.6 Å². The van der Waals surface area contributed by atoms with E-state index in [0.29, 0.717) is 0 Å². The molecule has 2 rings (SSSR count). The van der Waals surface area contributed by atoms with Crippen molar-refractivity contribution in [2.24, 2.45) is 11.7 Å². The smallest absolute Gasteiger partial charge is 0.0166 e. The summed E-state index contributed by atoms with van der Waals surface area (Å²) in [6, 6.07) is 0. The average Bonchev–Trinajstić information content (AvgIpc) is 2.64. The summed E-state index contributed by atoms with van der Waals surface area (Å²) in [7, 11) is 0. The van der Waals surface area contributed by atoms with Crippen molar-refractivity contribution >= 4 is 0 Å². The molecular formula is C17H34N2. The molecule has 2 N–H and O–H groups in total. The number of rotatable bonds is 5. The molecule has 2 nitrogen and oxygen atoms in total. The molecule has 0 aromatic heterocycles. The number of likely N-dealkylation sites (tertiary alicyclic amines) is 1. The van der Waals surface area contributed by atoms with Crippen LogP contribution in [0, 0.1) is 5.92 Å². The van der Waals surface area contributed by atoms with Gasteiger partial charge in [-0.1, -0.05) is 39.0 Å². The van der Waals surface area contributed by atoms with Crippen LogP contribution in [0.3, 0.4) is 0 Å². The highest BCUT2D eigenvalue weighted by Crippen LogP contribution is 2.29. The molecular weight excluding hydrogens is 232 g/mol. The van der Waals surface area contributed by atoms with Crippen LogP contribution in [0.5, 0.6) is 0 Å². The highest BCUT2D eigenvalue weighted by Gasteiger charge is 2.28. The van der Waals surface area contributed by atoms with E-state index in [1.165, 1.54) is 90.3 Å². The van der Waals surface area contributed by atoms with Gasteiger partial charge in [-0.3, -0.25) is 0 Å². The molecule has 0 amide bonds. The molecule has 2 fully saturated rings. The number of hydrogen-bond acceptors (Lipinski definition) is 2. The highest BCUT2D eigenvalue weighted by molar-refractivity contribution is 4.88. The first-order chi connectivity index (χ1) is 9.22. The summed E-state index contributed by atoms with van der Waals surface area (Å²) in [5.41, 5.74) is 6.74. The minimum atomic E-state index is 0.174. The maximum Gasteiger partial charge on any atom is 0.0166 e. The van der Waals surface area contributed by atoms with E-state index >= 15 is 0 Å². The third-order valence-corrected chi connectivity index (χ3v) is 5.41. The maximum absolute atomic E-state index is 6.56. The Bertz CT molecular complexity index is 246. The fraction of sp³-hybridized carbons (Fsp3) is 1.00. The van der Waals surface area contributed by atoms with Gasteiger partial charge in [-0.25, -0.2) is 0 Å². The van der Waals surface area contributed by atoms with Crippen LogP contribution >= 0.6 is 0 Å². The topological polar surface area (TPSA) is 29.3 Å². The Morgan fingerprint density at radius 1 is 1.05 bits per heavy atom. The SMILES string of the molecule is CCCC1CCCN(CCC2(N)CCCCC2)CC1. The Hall–Kier alpha value is -0.0800. The van der Waals surface area contributed by atoms with Crippen molar-refractivity contribution in [1.29, 1.82) is 0 Å². The lowest BCUT2D eigenvalue weighted by molar-refractivity contribution is 0.210. The van der Waals surface area contributed by atoms with Crippen LogP contribution in [-0.4, -0.2) is 30.1 Å². The molecule has 1 aliphatic heterocycles. The Morgan fingerprint density at radius 2 is 1.84 bits per heavy atom. The number of nitrogens with two attached hydrogens (primary N) is 1. The minimum Gasteiger partial charge on any atom is -0.325 e. The lowest BCUT2D eigenvalue weighted by atomic mass is 9.80. The van der Waals surface area contributed by atoms with E-state index in [4.69, 9.17) is 5.73 Å². The molecule has 19 heavy (non-hydrogen) atoms. The highest BCUT2D eigenvalue weighted by atomic mass is 15.1. The molecule has 1 saturated carbocycles. The molecule has 2 heteroatoms. The number of nitrogens with zero attached hydrogens (tertiary/aromatic N) is 1. The molecule has 1 aliphatic carbocycles. The summed E-state index contributed by atoms with van der Waals surface area (Å²) in [6.07, 6.45) is 15.0. The Labute approximate surface area is 120 Å². The van der Waals surface area contributed by atoms with Crippen molar-refractivity contribution in [2.45, 2.75) is 83.1 Å². The number of hydrogen-bond donors (Lipinski definition) is 1. The van der Waals surface area contributed by atoms with Crippen molar-refractivity contribution in [3.63, 3.8) is 0 Å². The van der Waals surface area contributed by atoms with Gasteiger partial charge in [-0.15, -0.1) is 0 Å². The molecule has 1 saturated heterocycles. The van der Waals surface area contributed by atoms with Crippen LogP contribution in [0.2, 0.25) is 0 Å². The molecule has 0 aromatic carbocycles. The van der Waals surface area contributed by atoms with Gasteiger partial charge in [0.2, 0.25) is 0 Å². The van der Waals surface area contributed by atoms with Gasteiger partial charge in [0.25, 0.3) is 0 Å². The first-order valence-corrected chi connectivity index (χ1v) is 8.73. The third kappa shape index (κ3) is 5.07. The molecule has 0 bridgehead atoms. The predicted octanol–water partition coefficient (Wildman–Crippen LogP) is 3.94. The molecule has 0 radical (unpaired) electrons. The fourth-order valence-corrected chi connectivity index (χ4v) is 4.03. The fourth-order valence-electron chi connectivity index (χ4n) is 4.03. The molecule has 112 valence electrons. The second-order valence-electron chi connectivity index (χ2n) is 7.10. The maximum atomic E-state index is 6.56. The van der Waals surface area contributed by atoms with E-state index in [0.717, 1.165) is 5.92 Å². The predicted molar refractivity (Wildman–Crippen MR) is 83.3 cm³/mol. The van der Waals surface area contributed by atoms with Crippen LogP contribution in [0.4, 0.5) is 0 Å². The lowest BCUT2D eigenvalue weighted by Crippen LogP contribution is -2.44. The van der Waals surface area contributed by atoms with E-state index in [2.05, 4.69) is 11.8 Å². The van der Waals surface area contributed by atoms with Gasteiger partial charge >= 0.3 is 0 Å². The molecule has 0 aromatic rings. The summed E-state index contributed by atoms with van der Waals surface area (Å²) in [5, 5.41) is 0. The summed E-state index contributed by atoms with van der Waals surface area (Å²) >= 11 is 0. The monoisotopic (exact) mass is 266 g/mol. The summed E-state index contributed by atoms with van der Waals surface area (Å²) in [5.74, 6) is 0.997. The zero-order valence-corrected chi connectivity index (χ0v) is 13.0. The van der Waals surface area contributed by atoms with Gasteiger partial charge < -0.3 is 10.6 Å². The average molecular weight is 266 g/mol. The summed E-state index contributed by atoms with van der Waals surface area (Å²) in [6.45, 7) is 6.20. The van der Waals surface area contributed by atoms with Gasteiger partial charge in [0, 0.05) is 5.54 Å². The quantitative estimate of drug-likeness (QED) is 0.816. The Morgan fingerprint density at radius 3 is 2.58 bits per heavy atom. The largest absolute Gasteiger partial charge is 0.325 e.